The van der Waals surface area contributed by atoms with Crippen LogP contribution >= 0.6 is 11.8 Å². The average Bonchev–Trinajstić information content (AvgIpc) is 2.40. The van der Waals surface area contributed by atoms with Crippen LogP contribution in [0.15, 0.2) is 0 Å². The molecule has 1 amide bonds. The van der Waals surface area contributed by atoms with E-state index in [1.54, 1.807) is 0 Å². The molecular formula is C13H21NO3S. The van der Waals surface area contributed by atoms with Gasteiger partial charge in [0.2, 0.25) is 5.91 Å². The van der Waals surface area contributed by atoms with Gasteiger partial charge in [-0.2, -0.15) is 11.8 Å². The molecule has 5 heteroatoms. The summed E-state index contributed by atoms with van der Waals surface area (Å²) in [5, 5.41) is 12.1. The van der Waals surface area contributed by atoms with Crippen molar-refractivity contribution in [1.29, 1.82) is 0 Å². The minimum Gasteiger partial charge on any atom is -0.481 e. The van der Waals surface area contributed by atoms with Crippen molar-refractivity contribution in [3.05, 3.63) is 0 Å². The fourth-order valence-corrected chi connectivity index (χ4v) is 3.87. The zero-order valence-electron chi connectivity index (χ0n) is 10.6. The Morgan fingerprint density at radius 3 is 2.06 bits per heavy atom. The molecule has 2 fully saturated rings. The number of carbonyl (C=O) groups is 2. The van der Waals surface area contributed by atoms with Crippen LogP contribution in [0.1, 0.15) is 38.5 Å². The zero-order valence-corrected chi connectivity index (χ0v) is 11.4. The maximum atomic E-state index is 12.1. The molecule has 2 aliphatic rings. The van der Waals surface area contributed by atoms with E-state index >= 15 is 0 Å². The lowest BCUT2D eigenvalue weighted by Crippen LogP contribution is -2.42. The smallest absolute Gasteiger partial charge is 0.306 e. The van der Waals surface area contributed by atoms with Crippen LogP contribution < -0.4 is 5.32 Å². The normalized spacial score (nSPS) is 29.8. The number of aliphatic carboxylic acids is 1. The minimum atomic E-state index is -0.710. The largest absolute Gasteiger partial charge is 0.481 e. The van der Waals surface area contributed by atoms with Gasteiger partial charge in [0.05, 0.1) is 5.92 Å². The SMILES string of the molecule is O=C(O)C1CCC(C(=O)NC2CCSCC2)CC1. The molecule has 4 nitrogen and oxygen atoms in total. The van der Waals surface area contributed by atoms with Crippen LogP contribution in [0, 0.1) is 11.8 Å². The minimum absolute atomic E-state index is 0.0372. The predicted molar refractivity (Wildman–Crippen MR) is 71.6 cm³/mol. The predicted octanol–water partition coefficient (Wildman–Crippen LogP) is 1.89. The third kappa shape index (κ3) is 3.64. The summed E-state index contributed by atoms with van der Waals surface area (Å²) in [4.78, 5) is 22.9. The maximum absolute atomic E-state index is 12.1. The van der Waals surface area contributed by atoms with Gasteiger partial charge in [0.15, 0.2) is 0 Å². The number of rotatable bonds is 3. The van der Waals surface area contributed by atoms with Gasteiger partial charge in [0.1, 0.15) is 0 Å². The molecule has 0 aromatic rings. The van der Waals surface area contributed by atoms with E-state index in [-0.39, 0.29) is 17.7 Å². The summed E-state index contributed by atoms with van der Waals surface area (Å²) >= 11 is 1.95. The molecule has 0 aromatic heterocycles. The number of hydrogen-bond donors (Lipinski definition) is 2. The quantitative estimate of drug-likeness (QED) is 0.822. The van der Waals surface area contributed by atoms with Gasteiger partial charge in [0, 0.05) is 12.0 Å². The first-order valence-corrected chi connectivity index (χ1v) is 7.93. The van der Waals surface area contributed by atoms with Crippen LogP contribution in [-0.4, -0.2) is 34.5 Å². The Hall–Kier alpha value is -0.710. The van der Waals surface area contributed by atoms with Crippen LogP contribution in [0.3, 0.4) is 0 Å². The fourth-order valence-electron chi connectivity index (χ4n) is 2.76. The lowest BCUT2D eigenvalue weighted by atomic mass is 9.81. The number of carbonyl (C=O) groups excluding carboxylic acids is 1. The van der Waals surface area contributed by atoms with Gasteiger partial charge in [-0.05, 0) is 50.0 Å². The Balaban J connectivity index is 1.75. The lowest BCUT2D eigenvalue weighted by molar-refractivity contribution is -0.144. The van der Waals surface area contributed by atoms with E-state index in [4.69, 9.17) is 5.11 Å². The number of nitrogens with one attached hydrogen (secondary N) is 1. The van der Waals surface area contributed by atoms with E-state index in [1.807, 2.05) is 11.8 Å². The summed E-state index contributed by atoms with van der Waals surface area (Å²) in [5.41, 5.74) is 0. The van der Waals surface area contributed by atoms with Crippen molar-refractivity contribution >= 4 is 23.6 Å². The topological polar surface area (TPSA) is 66.4 Å². The van der Waals surface area contributed by atoms with Crippen molar-refractivity contribution in [3.63, 3.8) is 0 Å². The number of amides is 1. The molecule has 1 heterocycles. The molecule has 2 rings (SSSR count). The molecule has 0 spiro atoms. The molecule has 1 aliphatic heterocycles. The van der Waals surface area contributed by atoms with E-state index in [2.05, 4.69) is 5.32 Å². The van der Waals surface area contributed by atoms with E-state index in [1.165, 1.54) is 0 Å². The lowest BCUT2D eigenvalue weighted by Gasteiger charge is -2.28. The zero-order chi connectivity index (χ0) is 13.0. The Bertz CT molecular complexity index is 307. The summed E-state index contributed by atoms with van der Waals surface area (Å²) in [6, 6.07) is 0.343. The van der Waals surface area contributed by atoms with Crippen LogP contribution in [0.25, 0.3) is 0 Å². The van der Waals surface area contributed by atoms with Crippen LogP contribution in [0.2, 0.25) is 0 Å². The summed E-state index contributed by atoms with van der Waals surface area (Å²) < 4.78 is 0. The average molecular weight is 271 g/mol. The molecule has 2 N–H and O–H groups in total. The van der Waals surface area contributed by atoms with Crippen molar-refractivity contribution < 1.29 is 14.7 Å². The van der Waals surface area contributed by atoms with E-state index in [0.717, 1.165) is 37.2 Å². The number of thioether (sulfide) groups is 1. The monoisotopic (exact) mass is 271 g/mol. The van der Waals surface area contributed by atoms with Crippen molar-refractivity contribution in [1.82, 2.24) is 5.32 Å². The highest BCUT2D eigenvalue weighted by Gasteiger charge is 2.30. The molecule has 0 bridgehead atoms. The molecule has 1 saturated carbocycles. The van der Waals surface area contributed by atoms with Gasteiger partial charge < -0.3 is 10.4 Å². The molecule has 0 radical (unpaired) electrons. The third-order valence-electron chi connectivity index (χ3n) is 4.01. The highest BCUT2D eigenvalue weighted by atomic mass is 32.2. The third-order valence-corrected chi connectivity index (χ3v) is 5.06. The van der Waals surface area contributed by atoms with Crippen molar-refractivity contribution in [3.8, 4) is 0 Å². The molecule has 1 aliphatic carbocycles. The van der Waals surface area contributed by atoms with E-state index < -0.39 is 5.97 Å². The number of carboxylic acid groups (broad SMARTS) is 1. The Labute approximate surface area is 112 Å². The van der Waals surface area contributed by atoms with Crippen molar-refractivity contribution in [2.24, 2.45) is 11.8 Å². The first kappa shape index (κ1) is 13.7. The van der Waals surface area contributed by atoms with Gasteiger partial charge in [-0.25, -0.2) is 0 Å². The van der Waals surface area contributed by atoms with Crippen LogP contribution in [0.4, 0.5) is 0 Å². The first-order chi connectivity index (χ1) is 8.66. The second-order valence-electron chi connectivity index (χ2n) is 5.28. The molecule has 0 aromatic carbocycles. The summed E-state index contributed by atoms with van der Waals surface area (Å²) in [6.07, 6.45) is 4.89. The standard InChI is InChI=1S/C13H21NO3S/c15-12(14-11-5-7-18-8-6-11)9-1-3-10(4-2-9)13(16)17/h9-11H,1-8H2,(H,14,15)(H,16,17). The number of hydrogen-bond acceptors (Lipinski definition) is 3. The van der Waals surface area contributed by atoms with Crippen molar-refractivity contribution in [2.75, 3.05) is 11.5 Å². The highest BCUT2D eigenvalue weighted by molar-refractivity contribution is 7.99. The van der Waals surface area contributed by atoms with Gasteiger partial charge in [-0.15, -0.1) is 0 Å². The van der Waals surface area contributed by atoms with Crippen LogP contribution in [0.5, 0.6) is 0 Å². The fraction of sp³-hybridized carbons (Fsp3) is 0.846. The maximum Gasteiger partial charge on any atom is 0.306 e. The summed E-state index contributed by atoms with van der Waals surface area (Å²) in [5.74, 6) is 1.51. The molecule has 102 valence electrons. The van der Waals surface area contributed by atoms with E-state index in [0.29, 0.717) is 18.9 Å². The molecule has 0 atom stereocenters. The number of carboxylic acids is 1. The van der Waals surface area contributed by atoms with Gasteiger partial charge in [0.25, 0.3) is 0 Å². The molecular weight excluding hydrogens is 250 g/mol. The molecule has 0 unspecified atom stereocenters. The second-order valence-corrected chi connectivity index (χ2v) is 6.51. The Morgan fingerprint density at radius 2 is 1.50 bits per heavy atom. The molecule has 18 heavy (non-hydrogen) atoms. The van der Waals surface area contributed by atoms with E-state index in [9.17, 15) is 9.59 Å². The van der Waals surface area contributed by atoms with Gasteiger partial charge in [-0.3, -0.25) is 9.59 Å². The Kier molecular flexibility index (Phi) is 4.92. The summed E-state index contributed by atoms with van der Waals surface area (Å²) in [6.45, 7) is 0. The van der Waals surface area contributed by atoms with Crippen LogP contribution in [-0.2, 0) is 9.59 Å². The van der Waals surface area contributed by atoms with Crippen molar-refractivity contribution in [2.45, 2.75) is 44.6 Å². The van der Waals surface area contributed by atoms with Gasteiger partial charge >= 0.3 is 5.97 Å². The summed E-state index contributed by atoms with van der Waals surface area (Å²) in [7, 11) is 0. The van der Waals surface area contributed by atoms with Gasteiger partial charge in [-0.1, -0.05) is 0 Å². The molecule has 1 saturated heterocycles. The Morgan fingerprint density at radius 1 is 0.944 bits per heavy atom. The first-order valence-electron chi connectivity index (χ1n) is 6.77. The second kappa shape index (κ2) is 6.45. The highest BCUT2D eigenvalue weighted by Crippen LogP contribution is 2.29.